The Morgan fingerprint density at radius 1 is 1.35 bits per heavy atom. The van der Waals surface area contributed by atoms with Crippen LogP contribution in [0, 0.1) is 11.8 Å². The van der Waals surface area contributed by atoms with Gasteiger partial charge in [0.15, 0.2) is 0 Å². The van der Waals surface area contributed by atoms with E-state index in [1.807, 2.05) is 44.2 Å². The number of carboxylic acid groups (broad SMARTS) is 1. The molecule has 2 unspecified atom stereocenters. The Kier molecular flexibility index (Phi) is 6.40. The summed E-state index contributed by atoms with van der Waals surface area (Å²) in [6.07, 6.45) is 0.586. The van der Waals surface area contributed by atoms with Crippen molar-refractivity contribution < 1.29 is 19.0 Å². The second-order valence-corrected chi connectivity index (χ2v) is 7.36. The van der Waals surface area contributed by atoms with Gasteiger partial charge in [-0.1, -0.05) is 44.2 Å². The highest BCUT2D eigenvalue weighted by Crippen LogP contribution is 2.42. The zero-order valence-corrected chi connectivity index (χ0v) is 12.8. The van der Waals surface area contributed by atoms with Gasteiger partial charge in [0.25, 0.3) is 7.52 Å². The van der Waals surface area contributed by atoms with Crippen molar-refractivity contribution in [3.8, 4) is 0 Å². The van der Waals surface area contributed by atoms with Crippen LogP contribution in [0.3, 0.4) is 0 Å². The Balaban J connectivity index is 2.57. The number of benzene rings is 1. The van der Waals surface area contributed by atoms with Crippen molar-refractivity contribution in [3.63, 3.8) is 0 Å². The first-order valence-corrected chi connectivity index (χ1v) is 8.47. The van der Waals surface area contributed by atoms with E-state index in [2.05, 4.69) is 0 Å². The summed E-state index contributed by atoms with van der Waals surface area (Å²) in [4.78, 5) is 11.1. The van der Waals surface area contributed by atoms with Gasteiger partial charge in [-0.15, -0.1) is 0 Å². The van der Waals surface area contributed by atoms with E-state index in [-0.39, 0.29) is 18.7 Å². The van der Waals surface area contributed by atoms with Crippen LogP contribution in [-0.4, -0.2) is 17.7 Å². The fraction of sp³-hybridized carbons (Fsp3) is 0.500. The molecule has 2 atom stereocenters. The summed E-state index contributed by atoms with van der Waals surface area (Å²) in [7, 11) is -3.31. The highest BCUT2D eigenvalue weighted by molar-refractivity contribution is 7.55. The molecule has 112 valence electrons. The van der Waals surface area contributed by atoms with Crippen molar-refractivity contribution in [2.24, 2.45) is 17.3 Å². The lowest BCUT2D eigenvalue weighted by Gasteiger charge is -2.18. The van der Waals surface area contributed by atoms with E-state index in [9.17, 15) is 9.36 Å². The molecule has 0 amide bonds. The van der Waals surface area contributed by atoms with Crippen LogP contribution in [0.25, 0.3) is 0 Å². The van der Waals surface area contributed by atoms with Crippen molar-refractivity contribution in [2.45, 2.75) is 26.4 Å². The lowest BCUT2D eigenvalue weighted by molar-refractivity contribution is -0.143. The maximum atomic E-state index is 12.2. The van der Waals surface area contributed by atoms with Gasteiger partial charge >= 0.3 is 5.97 Å². The summed E-state index contributed by atoms with van der Waals surface area (Å²) in [6.45, 7) is 3.75. The average Bonchev–Trinajstić information content (AvgIpc) is 2.34. The van der Waals surface area contributed by atoms with Crippen LogP contribution < -0.4 is 5.50 Å². The summed E-state index contributed by atoms with van der Waals surface area (Å²) in [5.41, 5.74) is 6.48. The minimum absolute atomic E-state index is 0.113. The Morgan fingerprint density at radius 3 is 2.45 bits per heavy atom. The highest BCUT2D eigenvalue weighted by atomic mass is 31.2. The second-order valence-electron chi connectivity index (χ2n) is 5.33. The van der Waals surface area contributed by atoms with Crippen LogP contribution >= 0.6 is 7.52 Å². The SMILES string of the molecule is CC(C)CC(COP(N)(=O)Cc1ccccc1)C(=O)O. The fourth-order valence-corrected chi connectivity index (χ4v) is 3.15. The summed E-state index contributed by atoms with van der Waals surface area (Å²) >= 11 is 0. The molecule has 0 saturated heterocycles. The van der Waals surface area contributed by atoms with Crippen LogP contribution in [0.15, 0.2) is 30.3 Å². The van der Waals surface area contributed by atoms with Crippen LogP contribution in [0.5, 0.6) is 0 Å². The molecule has 1 aromatic carbocycles. The second kappa shape index (κ2) is 7.58. The highest BCUT2D eigenvalue weighted by Gasteiger charge is 2.24. The van der Waals surface area contributed by atoms with Gasteiger partial charge in [-0.25, -0.2) is 0 Å². The number of carboxylic acids is 1. The molecule has 0 aliphatic heterocycles. The van der Waals surface area contributed by atoms with Crippen molar-refractivity contribution >= 4 is 13.5 Å². The number of hydrogen-bond acceptors (Lipinski definition) is 3. The maximum absolute atomic E-state index is 12.2. The molecule has 3 N–H and O–H groups in total. The molecule has 0 bridgehead atoms. The summed E-state index contributed by atoms with van der Waals surface area (Å²) in [5.74, 6) is -1.40. The number of aliphatic carboxylic acids is 1. The molecule has 1 aromatic rings. The van der Waals surface area contributed by atoms with Gasteiger partial charge in [-0.2, -0.15) is 0 Å². The lowest BCUT2D eigenvalue weighted by Crippen LogP contribution is -2.22. The molecule has 0 saturated carbocycles. The Morgan fingerprint density at radius 2 is 1.95 bits per heavy atom. The summed E-state index contributed by atoms with van der Waals surface area (Å²) < 4.78 is 17.4. The fourth-order valence-electron chi connectivity index (χ4n) is 1.91. The number of nitrogens with two attached hydrogens (primary N) is 1. The molecular weight excluding hydrogens is 277 g/mol. The molecule has 5 nitrogen and oxygen atoms in total. The van der Waals surface area contributed by atoms with Gasteiger partial charge < -0.3 is 9.63 Å². The van der Waals surface area contributed by atoms with Crippen molar-refractivity contribution in [1.29, 1.82) is 0 Å². The van der Waals surface area contributed by atoms with Crippen molar-refractivity contribution in [2.75, 3.05) is 6.61 Å². The lowest BCUT2D eigenvalue weighted by atomic mass is 9.98. The van der Waals surface area contributed by atoms with E-state index in [0.29, 0.717) is 6.42 Å². The first kappa shape index (κ1) is 16.9. The van der Waals surface area contributed by atoms with E-state index >= 15 is 0 Å². The zero-order chi connectivity index (χ0) is 15.2. The average molecular weight is 299 g/mol. The minimum Gasteiger partial charge on any atom is -0.481 e. The topological polar surface area (TPSA) is 89.6 Å². The standard InChI is InChI=1S/C14H22NO4P/c1-11(2)8-13(14(16)17)9-19-20(15,18)10-12-6-4-3-5-7-12/h3-7,11,13H,8-10H2,1-2H3,(H2,15,18)(H,16,17). The van der Waals surface area contributed by atoms with Gasteiger partial charge in [0.05, 0.1) is 18.7 Å². The Hall–Kier alpha value is -1.16. The van der Waals surface area contributed by atoms with Crippen molar-refractivity contribution in [3.05, 3.63) is 35.9 Å². The Bertz CT molecular complexity index is 475. The van der Waals surface area contributed by atoms with E-state index in [0.717, 1.165) is 5.56 Å². The summed E-state index contributed by atoms with van der Waals surface area (Å²) in [6, 6.07) is 9.13. The molecule has 0 aliphatic rings. The molecule has 0 heterocycles. The molecule has 0 aliphatic carbocycles. The van der Waals surface area contributed by atoms with Gasteiger partial charge in [0.1, 0.15) is 0 Å². The molecule has 0 fully saturated rings. The summed E-state index contributed by atoms with van der Waals surface area (Å²) in [5, 5.41) is 9.10. The van der Waals surface area contributed by atoms with E-state index in [1.165, 1.54) is 0 Å². The molecule has 0 aromatic heterocycles. The van der Waals surface area contributed by atoms with Crippen LogP contribution in [0.4, 0.5) is 0 Å². The third-order valence-corrected chi connectivity index (χ3v) is 4.24. The predicted octanol–water partition coefficient (Wildman–Crippen LogP) is 3.10. The molecule has 0 spiro atoms. The quantitative estimate of drug-likeness (QED) is 0.720. The molecule has 6 heteroatoms. The first-order chi connectivity index (χ1) is 9.30. The normalized spacial score (nSPS) is 15.8. The molecule has 20 heavy (non-hydrogen) atoms. The maximum Gasteiger partial charge on any atom is 0.308 e. The van der Waals surface area contributed by atoms with E-state index in [4.69, 9.17) is 15.1 Å². The largest absolute Gasteiger partial charge is 0.481 e. The van der Waals surface area contributed by atoms with Gasteiger partial charge in [0, 0.05) is 0 Å². The predicted molar refractivity (Wildman–Crippen MR) is 78.5 cm³/mol. The number of rotatable bonds is 8. The van der Waals surface area contributed by atoms with Crippen LogP contribution in [0.2, 0.25) is 0 Å². The van der Waals surface area contributed by atoms with E-state index < -0.39 is 19.4 Å². The van der Waals surface area contributed by atoms with Gasteiger partial charge in [0.2, 0.25) is 0 Å². The van der Waals surface area contributed by atoms with Crippen LogP contribution in [-0.2, 0) is 20.0 Å². The zero-order valence-electron chi connectivity index (χ0n) is 11.9. The smallest absolute Gasteiger partial charge is 0.308 e. The Labute approximate surface area is 119 Å². The van der Waals surface area contributed by atoms with Gasteiger partial charge in [-0.3, -0.25) is 14.9 Å². The molecule has 0 radical (unpaired) electrons. The number of carbonyl (C=O) groups is 1. The van der Waals surface area contributed by atoms with Crippen LogP contribution in [0.1, 0.15) is 25.8 Å². The minimum atomic E-state index is -3.31. The monoisotopic (exact) mass is 299 g/mol. The van der Waals surface area contributed by atoms with Crippen molar-refractivity contribution in [1.82, 2.24) is 0 Å². The molecular formula is C14H22NO4P. The van der Waals surface area contributed by atoms with Gasteiger partial charge in [-0.05, 0) is 17.9 Å². The van der Waals surface area contributed by atoms with E-state index in [1.54, 1.807) is 0 Å². The number of hydrogen-bond donors (Lipinski definition) is 2. The third kappa shape index (κ3) is 6.33. The molecule has 1 rings (SSSR count). The first-order valence-electron chi connectivity index (χ1n) is 6.59. The third-order valence-electron chi connectivity index (χ3n) is 2.85.